The van der Waals surface area contributed by atoms with Crippen LogP contribution in [0.4, 0.5) is 0 Å². The number of unbranched alkanes of at least 4 members (excludes halogenated alkanes) is 2. The van der Waals surface area contributed by atoms with E-state index in [1.807, 2.05) is 47.6 Å². The van der Waals surface area contributed by atoms with Gasteiger partial charge in [0.15, 0.2) is 0 Å². The molecular formula is C15H20N6S. The molecule has 0 aromatic carbocycles. The molecule has 3 rings (SSSR count). The SMILES string of the molecule is Cc1cc(C)n2nc(SCCCCCn3cccn3)nc2n1. The maximum atomic E-state index is 4.50. The molecule has 6 nitrogen and oxygen atoms in total. The molecule has 0 spiro atoms. The number of fused-ring (bicyclic) bond motifs is 1. The van der Waals surface area contributed by atoms with Crippen molar-refractivity contribution in [1.29, 1.82) is 0 Å². The summed E-state index contributed by atoms with van der Waals surface area (Å²) >= 11 is 1.70. The molecule has 22 heavy (non-hydrogen) atoms. The van der Waals surface area contributed by atoms with Gasteiger partial charge < -0.3 is 0 Å². The van der Waals surface area contributed by atoms with Crippen LogP contribution in [0.3, 0.4) is 0 Å². The molecule has 0 radical (unpaired) electrons. The molecule has 0 unspecified atom stereocenters. The van der Waals surface area contributed by atoms with Crippen LogP contribution in [0.2, 0.25) is 0 Å². The summed E-state index contributed by atoms with van der Waals surface area (Å²) in [6, 6.07) is 3.98. The third-order valence-electron chi connectivity index (χ3n) is 3.42. The first kappa shape index (κ1) is 15.0. The number of aromatic nitrogens is 6. The van der Waals surface area contributed by atoms with E-state index in [0.29, 0.717) is 5.78 Å². The second kappa shape index (κ2) is 6.91. The monoisotopic (exact) mass is 316 g/mol. The van der Waals surface area contributed by atoms with Gasteiger partial charge in [-0.25, -0.2) is 9.50 Å². The predicted octanol–water partition coefficient (Wildman–Crippen LogP) is 2.90. The zero-order valence-corrected chi connectivity index (χ0v) is 13.8. The van der Waals surface area contributed by atoms with Gasteiger partial charge in [0.1, 0.15) is 0 Å². The average Bonchev–Trinajstić information content (AvgIpc) is 3.11. The largest absolute Gasteiger partial charge is 0.273 e. The molecule has 0 fully saturated rings. The maximum Gasteiger partial charge on any atom is 0.253 e. The zero-order chi connectivity index (χ0) is 15.4. The van der Waals surface area contributed by atoms with Crippen LogP contribution in [0.15, 0.2) is 29.7 Å². The van der Waals surface area contributed by atoms with E-state index in [-0.39, 0.29) is 0 Å². The Morgan fingerprint density at radius 2 is 2.05 bits per heavy atom. The molecule has 0 saturated carbocycles. The van der Waals surface area contributed by atoms with Crippen molar-refractivity contribution in [1.82, 2.24) is 29.4 Å². The van der Waals surface area contributed by atoms with Crippen molar-refractivity contribution in [2.45, 2.75) is 44.8 Å². The molecule has 0 amide bonds. The average molecular weight is 316 g/mol. The van der Waals surface area contributed by atoms with E-state index in [1.54, 1.807) is 11.8 Å². The van der Waals surface area contributed by atoms with Gasteiger partial charge in [0, 0.05) is 36.1 Å². The normalized spacial score (nSPS) is 11.4. The molecule has 0 N–H and O–H groups in total. The minimum atomic E-state index is 0.693. The van der Waals surface area contributed by atoms with Crippen LogP contribution in [0.5, 0.6) is 0 Å². The van der Waals surface area contributed by atoms with Gasteiger partial charge in [-0.05, 0) is 38.8 Å². The van der Waals surface area contributed by atoms with Crippen molar-refractivity contribution >= 4 is 17.5 Å². The highest BCUT2D eigenvalue weighted by Crippen LogP contribution is 2.17. The number of nitrogens with zero attached hydrogens (tertiary/aromatic N) is 6. The first-order valence-corrected chi connectivity index (χ1v) is 8.52. The molecule has 0 saturated heterocycles. The summed E-state index contributed by atoms with van der Waals surface area (Å²) in [5, 5.41) is 9.52. The van der Waals surface area contributed by atoms with Gasteiger partial charge in [-0.2, -0.15) is 10.1 Å². The maximum absolute atomic E-state index is 4.50. The lowest BCUT2D eigenvalue weighted by molar-refractivity contribution is 0.554. The van der Waals surface area contributed by atoms with E-state index < -0.39 is 0 Å². The van der Waals surface area contributed by atoms with Gasteiger partial charge in [-0.1, -0.05) is 18.2 Å². The number of aryl methyl sites for hydroxylation is 3. The summed E-state index contributed by atoms with van der Waals surface area (Å²) in [5.41, 5.74) is 2.05. The van der Waals surface area contributed by atoms with Crippen LogP contribution in [-0.2, 0) is 6.54 Å². The van der Waals surface area contributed by atoms with Crippen molar-refractivity contribution in [2.24, 2.45) is 0 Å². The van der Waals surface area contributed by atoms with Crippen molar-refractivity contribution in [2.75, 3.05) is 5.75 Å². The lowest BCUT2D eigenvalue weighted by atomic mass is 10.2. The molecule has 0 aliphatic carbocycles. The molecule has 116 valence electrons. The first-order chi connectivity index (χ1) is 10.7. The number of thioether (sulfide) groups is 1. The van der Waals surface area contributed by atoms with Crippen molar-refractivity contribution in [3.8, 4) is 0 Å². The second-order valence-electron chi connectivity index (χ2n) is 5.32. The summed E-state index contributed by atoms with van der Waals surface area (Å²) in [6.07, 6.45) is 7.33. The number of hydrogen-bond donors (Lipinski definition) is 0. The lowest BCUT2D eigenvalue weighted by Crippen LogP contribution is -1.98. The standard InChI is InChI=1S/C15H20N6S/c1-12-11-13(2)21-14(17-12)18-15(19-21)22-10-5-3-4-8-20-9-6-7-16-20/h6-7,9,11H,3-5,8,10H2,1-2H3. The van der Waals surface area contributed by atoms with Crippen LogP contribution in [0.25, 0.3) is 5.78 Å². The Hall–Kier alpha value is -1.89. The highest BCUT2D eigenvalue weighted by Gasteiger charge is 2.07. The fraction of sp³-hybridized carbons (Fsp3) is 0.467. The summed E-state index contributed by atoms with van der Waals surface area (Å²) in [5.74, 6) is 1.73. The molecule has 3 heterocycles. The van der Waals surface area contributed by atoms with Crippen molar-refractivity contribution in [3.05, 3.63) is 35.9 Å². The van der Waals surface area contributed by atoms with Gasteiger partial charge >= 0.3 is 0 Å². The van der Waals surface area contributed by atoms with Crippen LogP contribution in [0.1, 0.15) is 30.7 Å². The van der Waals surface area contributed by atoms with Gasteiger partial charge in [0.05, 0.1) is 0 Å². The molecule has 3 aromatic heterocycles. The van der Waals surface area contributed by atoms with E-state index in [9.17, 15) is 0 Å². The minimum Gasteiger partial charge on any atom is -0.273 e. The minimum absolute atomic E-state index is 0.693. The summed E-state index contributed by atoms with van der Waals surface area (Å²) in [6.45, 7) is 5.00. The van der Waals surface area contributed by atoms with Gasteiger partial charge in [-0.15, -0.1) is 5.10 Å². The third-order valence-corrected chi connectivity index (χ3v) is 4.34. The number of rotatable bonds is 7. The molecule has 0 bridgehead atoms. The van der Waals surface area contributed by atoms with Crippen LogP contribution >= 0.6 is 11.8 Å². The Kier molecular flexibility index (Phi) is 4.72. The fourth-order valence-electron chi connectivity index (χ4n) is 2.36. The van der Waals surface area contributed by atoms with E-state index in [0.717, 1.165) is 41.7 Å². The van der Waals surface area contributed by atoms with Gasteiger partial charge in [0.2, 0.25) is 5.16 Å². The first-order valence-electron chi connectivity index (χ1n) is 7.53. The smallest absolute Gasteiger partial charge is 0.253 e. The Morgan fingerprint density at radius 1 is 1.14 bits per heavy atom. The Bertz CT molecular complexity index is 734. The molecule has 0 aliphatic heterocycles. The molecule has 0 atom stereocenters. The lowest BCUT2D eigenvalue weighted by Gasteiger charge is -2.01. The molecule has 0 aliphatic rings. The zero-order valence-electron chi connectivity index (χ0n) is 12.9. The Morgan fingerprint density at radius 3 is 2.86 bits per heavy atom. The fourth-order valence-corrected chi connectivity index (χ4v) is 3.17. The third kappa shape index (κ3) is 3.65. The topological polar surface area (TPSA) is 60.9 Å². The predicted molar refractivity (Wildman–Crippen MR) is 87.1 cm³/mol. The number of hydrogen-bond acceptors (Lipinski definition) is 5. The van der Waals surface area contributed by atoms with Crippen LogP contribution < -0.4 is 0 Å². The van der Waals surface area contributed by atoms with Crippen molar-refractivity contribution < 1.29 is 0 Å². The summed E-state index contributed by atoms with van der Waals surface area (Å²) < 4.78 is 3.79. The summed E-state index contributed by atoms with van der Waals surface area (Å²) in [4.78, 5) is 8.89. The molecule has 7 heteroatoms. The Balaban J connectivity index is 1.44. The van der Waals surface area contributed by atoms with E-state index in [1.165, 1.54) is 6.42 Å². The quantitative estimate of drug-likeness (QED) is 0.495. The van der Waals surface area contributed by atoms with Crippen LogP contribution in [-0.4, -0.2) is 35.1 Å². The highest BCUT2D eigenvalue weighted by atomic mass is 32.2. The van der Waals surface area contributed by atoms with Gasteiger partial charge in [-0.3, -0.25) is 4.68 Å². The highest BCUT2D eigenvalue weighted by molar-refractivity contribution is 7.99. The second-order valence-corrected chi connectivity index (χ2v) is 6.39. The summed E-state index contributed by atoms with van der Waals surface area (Å²) in [7, 11) is 0. The van der Waals surface area contributed by atoms with E-state index in [2.05, 4.69) is 20.2 Å². The van der Waals surface area contributed by atoms with Crippen molar-refractivity contribution in [3.63, 3.8) is 0 Å². The van der Waals surface area contributed by atoms with E-state index in [4.69, 9.17) is 0 Å². The van der Waals surface area contributed by atoms with Crippen LogP contribution in [0, 0.1) is 13.8 Å². The Labute approximate surface area is 134 Å². The molecule has 3 aromatic rings. The van der Waals surface area contributed by atoms with Gasteiger partial charge in [0.25, 0.3) is 5.78 Å². The molecular weight excluding hydrogens is 296 g/mol. The van der Waals surface area contributed by atoms with E-state index >= 15 is 0 Å².